The molecular weight excluding hydrogens is 584 g/mol. The Kier molecular flexibility index (Phi) is 9.24. The minimum absolute atomic E-state index is 0. The van der Waals surface area contributed by atoms with Crippen LogP contribution in [0.2, 0.25) is 0 Å². The molecule has 2 nitrogen and oxygen atoms in total. The summed E-state index contributed by atoms with van der Waals surface area (Å²) in [5.41, 5.74) is 2.76. The van der Waals surface area contributed by atoms with Crippen LogP contribution in [0.5, 0.6) is 0 Å². The first kappa shape index (κ1) is 28.5. The molecule has 1 aliphatic rings. The molecule has 2 rings (SSSR count). The molecule has 0 saturated heterocycles. The second-order valence-electron chi connectivity index (χ2n) is 12.4. The predicted molar refractivity (Wildman–Crippen MR) is 140 cm³/mol. The minimum atomic E-state index is -0.189. The van der Waals surface area contributed by atoms with Crippen molar-refractivity contribution in [1.82, 2.24) is 0 Å². The quantitative estimate of drug-likeness (QED) is 0.247. The molecule has 1 aromatic rings. The fourth-order valence-electron chi connectivity index (χ4n) is 4.63. The van der Waals surface area contributed by atoms with Crippen LogP contribution >= 0.6 is 15.8 Å². The van der Waals surface area contributed by atoms with Gasteiger partial charge in [-0.25, -0.2) is 0 Å². The molecule has 1 radical (unpaired) electrons. The number of para-hydroxylation sites is 2. The van der Waals surface area contributed by atoms with Gasteiger partial charge in [-0.2, -0.15) is 0 Å². The molecule has 0 fully saturated rings. The molecule has 0 aliphatic carbocycles. The van der Waals surface area contributed by atoms with E-state index in [4.69, 9.17) is 0 Å². The van der Waals surface area contributed by atoms with Crippen LogP contribution in [0, 0.1) is 0 Å². The number of fused-ring (bicyclic) bond motifs is 1. The normalized spacial score (nSPS) is 15.4. The molecule has 0 unspecified atom stereocenters. The van der Waals surface area contributed by atoms with Crippen LogP contribution in [-0.4, -0.2) is 40.7 Å². The Morgan fingerprint density at radius 2 is 0.867 bits per heavy atom. The average Bonchev–Trinajstić information content (AvgIpc) is 2.84. The third-order valence-electron chi connectivity index (χ3n) is 5.61. The monoisotopic (exact) mass is 628 g/mol. The summed E-state index contributed by atoms with van der Waals surface area (Å²) in [6.45, 7) is 29.0. The van der Waals surface area contributed by atoms with Gasteiger partial charge in [0.1, 0.15) is 0 Å². The van der Waals surface area contributed by atoms with Crippen molar-refractivity contribution in [3.8, 4) is 0 Å². The van der Waals surface area contributed by atoms with Gasteiger partial charge in [-0.05, 0) is 32.8 Å². The number of benzene rings is 1. The van der Waals surface area contributed by atoms with Gasteiger partial charge in [0.2, 0.25) is 0 Å². The van der Waals surface area contributed by atoms with Crippen molar-refractivity contribution in [2.45, 2.75) is 104 Å². The molecule has 1 aromatic carbocycles. The predicted octanol–water partition coefficient (Wildman–Crippen LogP) is 7.92. The van der Waals surface area contributed by atoms with E-state index >= 15 is 0 Å². The Bertz CT molecular complexity index is 612. The fourth-order valence-corrected chi connectivity index (χ4v) is 11.4. The number of hydrogen-bond acceptors (Lipinski definition) is 2. The summed E-state index contributed by atoms with van der Waals surface area (Å²) in [7, 11) is 2.04. The van der Waals surface area contributed by atoms with Gasteiger partial charge in [-0.1, -0.05) is 111 Å². The zero-order valence-electron chi connectivity index (χ0n) is 21.4. The van der Waals surface area contributed by atoms with Gasteiger partial charge in [0, 0.05) is 45.0 Å². The molecule has 0 bridgehead atoms. The first-order valence-corrected chi connectivity index (χ1v) is 14.0. The van der Waals surface area contributed by atoms with E-state index in [2.05, 4.69) is 125 Å². The molecule has 0 aromatic heterocycles. The maximum atomic E-state index is 2.55. The van der Waals surface area contributed by atoms with Gasteiger partial charge in [0.25, 0.3) is 0 Å². The summed E-state index contributed by atoms with van der Waals surface area (Å²) in [5, 5.41) is 1.31. The van der Waals surface area contributed by atoms with Crippen LogP contribution < -0.4 is 9.62 Å². The van der Waals surface area contributed by atoms with E-state index in [1.54, 1.807) is 0 Å². The Hall–Kier alpha value is 0.433. The van der Waals surface area contributed by atoms with Crippen LogP contribution in [0.4, 0.5) is 11.4 Å². The van der Waals surface area contributed by atoms with Crippen molar-refractivity contribution in [2.75, 3.05) is 22.2 Å². The van der Waals surface area contributed by atoms with Crippen molar-refractivity contribution in [2.24, 2.45) is 0 Å². The van der Waals surface area contributed by atoms with Crippen molar-refractivity contribution in [1.29, 1.82) is 0 Å². The summed E-state index contributed by atoms with van der Waals surface area (Å²) in [6.07, 6.45) is 2.25. The van der Waals surface area contributed by atoms with Gasteiger partial charge in [0.15, 0.2) is 0 Å². The molecule has 0 atom stereocenters. The molecule has 6 heteroatoms. The van der Waals surface area contributed by atoms with Gasteiger partial charge in [-0.3, -0.25) is 0 Å². The van der Waals surface area contributed by atoms with E-state index in [9.17, 15) is 0 Å². The molecule has 0 amide bonds. The topological polar surface area (TPSA) is 6.48 Å². The standard InChI is InChI=1S/C24H44BN2P2.Pt/c1-21(2,3)28(22(4,5)6)17-26-19-15-13-14-16-20(19)27(25-26)18-29(23(7,8)9)24(10,11)12;/h13-16H,17-18H2,1-12H3;. The number of nitrogens with zero attached hydrogens (tertiary/aromatic N) is 2. The van der Waals surface area contributed by atoms with Crippen LogP contribution in [-0.2, 0) is 21.1 Å². The van der Waals surface area contributed by atoms with Crippen molar-refractivity contribution < 1.29 is 21.1 Å². The Morgan fingerprint density at radius 1 is 0.600 bits per heavy atom. The van der Waals surface area contributed by atoms with Crippen LogP contribution in [0.15, 0.2) is 24.3 Å². The van der Waals surface area contributed by atoms with Crippen molar-refractivity contribution >= 4 is 34.8 Å². The summed E-state index contributed by atoms with van der Waals surface area (Å²) >= 11 is 0. The van der Waals surface area contributed by atoms with Gasteiger partial charge >= 0.3 is 7.55 Å². The molecule has 0 N–H and O–H groups in total. The molecule has 0 spiro atoms. The summed E-state index contributed by atoms with van der Waals surface area (Å²) in [5.74, 6) is 0. The molecule has 30 heavy (non-hydrogen) atoms. The number of hydrogen-bond donors (Lipinski definition) is 0. The fraction of sp³-hybridized carbons (Fsp3) is 0.750. The molecule has 1 aliphatic heterocycles. The van der Waals surface area contributed by atoms with E-state index in [1.807, 2.05) is 0 Å². The SMILES string of the molecule is CC(C)(C)P(CN1[B]N(CP(C(C)(C)C)C(C)(C)C)c2ccccc21)C(C)(C)C.[Pt]. The Labute approximate surface area is 205 Å². The molecular formula is C24H44BN2P2Pt. The van der Waals surface area contributed by atoms with Gasteiger partial charge in [0.05, 0.1) is 0 Å². The molecule has 0 saturated carbocycles. The van der Waals surface area contributed by atoms with E-state index in [-0.39, 0.29) is 36.9 Å². The third kappa shape index (κ3) is 6.96. The maximum Gasteiger partial charge on any atom is 0.392 e. The van der Waals surface area contributed by atoms with Gasteiger partial charge < -0.3 is 9.62 Å². The summed E-state index contributed by atoms with van der Waals surface area (Å²) in [4.78, 5) is 5.10. The number of anilines is 2. The average molecular weight is 628 g/mol. The smallest absolute Gasteiger partial charge is 0.392 e. The van der Waals surface area contributed by atoms with Crippen molar-refractivity contribution in [3.05, 3.63) is 24.3 Å². The van der Waals surface area contributed by atoms with E-state index in [0.717, 1.165) is 12.6 Å². The van der Waals surface area contributed by atoms with Crippen LogP contribution in [0.1, 0.15) is 83.1 Å². The van der Waals surface area contributed by atoms with E-state index < -0.39 is 0 Å². The first-order chi connectivity index (χ1) is 12.9. The molecule has 1 heterocycles. The van der Waals surface area contributed by atoms with Crippen LogP contribution in [0.25, 0.3) is 0 Å². The summed E-state index contributed by atoms with van der Waals surface area (Å²) < 4.78 is 0. The second-order valence-corrected chi connectivity index (χ2v) is 20.0. The van der Waals surface area contributed by atoms with E-state index in [0.29, 0.717) is 20.6 Å². The van der Waals surface area contributed by atoms with Crippen molar-refractivity contribution in [3.63, 3.8) is 0 Å². The Balaban J connectivity index is 0.00000450. The first-order valence-electron chi connectivity index (χ1n) is 11.0. The zero-order valence-corrected chi connectivity index (χ0v) is 25.5. The largest absolute Gasteiger partial charge is 0.393 e. The maximum absolute atomic E-state index is 2.55. The number of rotatable bonds is 4. The minimum Gasteiger partial charge on any atom is -0.393 e. The van der Waals surface area contributed by atoms with E-state index in [1.165, 1.54) is 11.4 Å². The molecule has 173 valence electrons. The van der Waals surface area contributed by atoms with Crippen LogP contribution in [0.3, 0.4) is 0 Å². The van der Waals surface area contributed by atoms with Gasteiger partial charge in [-0.15, -0.1) is 0 Å². The summed E-state index contributed by atoms with van der Waals surface area (Å²) in [6, 6.07) is 8.99. The third-order valence-corrected chi connectivity index (χ3v) is 13.3. The second kappa shape index (κ2) is 9.74. The zero-order chi connectivity index (χ0) is 22.4. The Morgan fingerprint density at radius 3 is 1.10 bits per heavy atom.